The van der Waals surface area contributed by atoms with Crippen LogP contribution in [0.3, 0.4) is 0 Å². The summed E-state index contributed by atoms with van der Waals surface area (Å²) >= 11 is 0. The van der Waals surface area contributed by atoms with Gasteiger partial charge in [0.2, 0.25) is 5.91 Å². The van der Waals surface area contributed by atoms with Crippen molar-refractivity contribution in [3.05, 3.63) is 48.3 Å². The molecule has 4 rings (SSSR count). The Bertz CT molecular complexity index is 981. The number of carbonyl (C=O) groups excluding carboxylic acids is 1. The second kappa shape index (κ2) is 7.41. The summed E-state index contributed by atoms with van der Waals surface area (Å²) in [7, 11) is 0. The molecule has 0 aliphatic carbocycles. The van der Waals surface area contributed by atoms with E-state index in [1.807, 2.05) is 36.4 Å². The van der Waals surface area contributed by atoms with Crippen LogP contribution in [0, 0.1) is 17.2 Å². The Balaban J connectivity index is 1.34. The number of aromatic nitrogens is 4. The largest absolute Gasteiger partial charge is 0.355 e. The standard InChI is InChI=1S/C19H19N7O/c20-10-7-14-1-3-16(4-2-14)22-19(27)15-8-11-25(12-9-15)18-6-5-17-23-21-13-26(17)24-18/h1-6,13,15H,7-9,11-12H2,(H,22,27). The highest BCUT2D eigenvalue weighted by molar-refractivity contribution is 5.92. The molecule has 8 heteroatoms. The molecule has 8 nitrogen and oxygen atoms in total. The van der Waals surface area contributed by atoms with Crippen molar-refractivity contribution in [3.8, 4) is 6.07 Å². The van der Waals surface area contributed by atoms with Gasteiger partial charge in [-0.2, -0.15) is 9.78 Å². The third kappa shape index (κ3) is 3.72. The van der Waals surface area contributed by atoms with E-state index < -0.39 is 0 Å². The van der Waals surface area contributed by atoms with Crippen LogP contribution in [0.2, 0.25) is 0 Å². The van der Waals surface area contributed by atoms with Gasteiger partial charge in [-0.3, -0.25) is 4.79 Å². The number of carbonyl (C=O) groups is 1. The number of amides is 1. The first-order valence-electron chi connectivity index (χ1n) is 8.92. The van der Waals surface area contributed by atoms with Crippen LogP contribution in [0.1, 0.15) is 18.4 Å². The minimum Gasteiger partial charge on any atom is -0.355 e. The second-order valence-corrected chi connectivity index (χ2v) is 6.61. The van der Waals surface area contributed by atoms with Crippen LogP contribution in [0.5, 0.6) is 0 Å². The average molecular weight is 361 g/mol. The molecule has 0 radical (unpaired) electrons. The van der Waals surface area contributed by atoms with Crippen LogP contribution in [-0.4, -0.2) is 38.8 Å². The fourth-order valence-electron chi connectivity index (χ4n) is 3.30. The van der Waals surface area contributed by atoms with Crippen LogP contribution in [0.15, 0.2) is 42.7 Å². The predicted octanol–water partition coefficient (Wildman–Crippen LogP) is 2.05. The van der Waals surface area contributed by atoms with Crippen molar-refractivity contribution in [3.63, 3.8) is 0 Å². The van der Waals surface area contributed by atoms with Gasteiger partial charge in [0.25, 0.3) is 0 Å². The van der Waals surface area contributed by atoms with Gasteiger partial charge in [0.15, 0.2) is 5.65 Å². The van der Waals surface area contributed by atoms with Crippen molar-refractivity contribution in [1.82, 2.24) is 19.8 Å². The number of hydrogen-bond acceptors (Lipinski definition) is 6. The molecule has 0 saturated carbocycles. The van der Waals surface area contributed by atoms with Crippen molar-refractivity contribution in [2.45, 2.75) is 19.3 Å². The SMILES string of the molecule is N#CCc1ccc(NC(=O)C2CCN(c3ccc4nncn4n3)CC2)cc1. The van der Waals surface area contributed by atoms with E-state index in [1.165, 1.54) is 0 Å². The van der Waals surface area contributed by atoms with Crippen molar-refractivity contribution in [2.75, 3.05) is 23.3 Å². The maximum Gasteiger partial charge on any atom is 0.227 e. The molecule has 1 aliphatic heterocycles. The number of rotatable bonds is 4. The van der Waals surface area contributed by atoms with Gasteiger partial charge in [-0.15, -0.1) is 15.3 Å². The van der Waals surface area contributed by atoms with Gasteiger partial charge in [0.1, 0.15) is 12.1 Å². The lowest BCUT2D eigenvalue weighted by molar-refractivity contribution is -0.120. The van der Waals surface area contributed by atoms with Gasteiger partial charge in [0, 0.05) is 24.7 Å². The Hall–Kier alpha value is -3.47. The Morgan fingerprint density at radius 1 is 1.19 bits per heavy atom. The topological polar surface area (TPSA) is 99.2 Å². The first-order valence-corrected chi connectivity index (χ1v) is 8.92. The van der Waals surface area contributed by atoms with Gasteiger partial charge in [-0.1, -0.05) is 12.1 Å². The van der Waals surface area contributed by atoms with Crippen LogP contribution in [0.25, 0.3) is 5.65 Å². The molecule has 1 fully saturated rings. The molecule has 1 saturated heterocycles. The zero-order valence-electron chi connectivity index (χ0n) is 14.7. The Kier molecular flexibility index (Phi) is 4.66. The Morgan fingerprint density at radius 2 is 1.96 bits per heavy atom. The summed E-state index contributed by atoms with van der Waals surface area (Å²) in [5.74, 6) is 0.901. The molecule has 1 aromatic carbocycles. The molecule has 1 N–H and O–H groups in total. The van der Waals surface area contributed by atoms with Crippen molar-refractivity contribution in [1.29, 1.82) is 5.26 Å². The second-order valence-electron chi connectivity index (χ2n) is 6.61. The van der Waals surface area contributed by atoms with Crippen molar-refractivity contribution in [2.24, 2.45) is 5.92 Å². The molecule has 1 aliphatic rings. The number of piperidine rings is 1. The number of hydrogen-bond donors (Lipinski definition) is 1. The Morgan fingerprint density at radius 3 is 2.70 bits per heavy atom. The van der Waals surface area contributed by atoms with Crippen molar-refractivity contribution < 1.29 is 4.79 Å². The summed E-state index contributed by atoms with van der Waals surface area (Å²) in [4.78, 5) is 14.7. The summed E-state index contributed by atoms with van der Waals surface area (Å²) in [5.41, 5.74) is 2.43. The van der Waals surface area contributed by atoms with E-state index in [-0.39, 0.29) is 11.8 Å². The molecule has 3 aromatic rings. The fourth-order valence-corrected chi connectivity index (χ4v) is 3.30. The first-order chi connectivity index (χ1) is 13.2. The highest BCUT2D eigenvalue weighted by Gasteiger charge is 2.26. The lowest BCUT2D eigenvalue weighted by Gasteiger charge is -2.32. The third-order valence-electron chi connectivity index (χ3n) is 4.84. The molecule has 3 heterocycles. The molecular weight excluding hydrogens is 342 g/mol. The van der Waals surface area contributed by atoms with Crippen LogP contribution in [0.4, 0.5) is 11.5 Å². The molecule has 0 unspecified atom stereocenters. The maximum atomic E-state index is 12.5. The van der Waals surface area contributed by atoms with E-state index in [4.69, 9.17) is 5.26 Å². The number of benzene rings is 1. The summed E-state index contributed by atoms with van der Waals surface area (Å²) in [6.07, 6.45) is 3.52. The molecule has 1 amide bonds. The van der Waals surface area contributed by atoms with Crippen LogP contribution < -0.4 is 10.2 Å². The van der Waals surface area contributed by atoms with E-state index in [1.54, 1.807) is 10.8 Å². The smallest absolute Gasteiger partial charge is 0.227 e. The molecule has 0 atom stereocenters. The summed E-state index contributed by atoms with van der Waals surface area (Å²) in [6, 6.07) is 13.4. The van der Waals surface area contributed by atoms with E-state index in [0.717, 1.165) is 43.0 Å². The average Bonchev–Trinajstić information content (AvgIpc) is 3.17. The van der Waals surface area contributed by atoms with E-state index in [0.29, 0.717) is 12.1 Å². The van der Waals surface area contributed by atoms with E-state index in [2.05, 4.69) is 31.6 Å². The number of nitriles is 1. The number of anilines is 2. The fraction of sp³-hybridized carbons (Fsp3) is 0.316. The molecule has 27 heavy (non-hydrogen) atoms. The van der Waals surface area contributed by atoms with Gasteiger partial charge < -0.3 is 10.2 Å². The minimum atomic E-state index is -0.0151. The number of nitrogens with one attached hydrogen (secondary N) is 1. The minimum absolute atomic E-state index is 0.0151. The van der Waals surface area contributed by atoms with Gasteiger partial charge >= 0.3 is 0 Å². The third-order valence-corrected chi connectivity index (χ3v) is 4.84. The number of nitrogens with zero attached hydrogens (tertiary/aromatic N) is 6. The number of fused-ring (bicyclic) bond motifs is 1. The lowest BCUT2D eigenvalue weighted by atomic mass is 9.95. The maximum absolute atomic E-state index is 12.5. The predicted molar refractivity (Wildman–Crippen MR) is 100 cm³/mol. The zero-order chi connectivity index (χ0) is 18.6. The molecule has 136 valence electrons. The normalized spacial score (nSPS) is 14.9. The molecule has 0 bridgehead atoms. The van der Waals surface area contributed by atoms with E-state index >= 15 is 0 Å². The van der Waals surface area contributed by atoms with Gasteiger partial charge in [-0.25, -0.2) is 0 Å². The molecule has 2 aromatic heterocycles. The molecule has 0 spiro atoms. The lowest BCUT2D eigenvalue weighted by Crippen LogP contribution is -2.38. The van der Waals surface area contributed by atoms with Crippen LogP contribution >= 0.6 is 0 Å². The summed E-state index contributed by atoms with van der Waals surface area (Å²) in [6.45, 7) is 1.56. The van der Waals surface area contributed by atoms with Gasteiger partial charge in [-0.05, 0) is 42.7 Å². The summed E-state index contributed by atoms with van der Waals surface area (Å²) in [5, 5.41) is 24.0. The van der Waals surface area contributed by atoms with E-state index in [9.17, 15) is 4.79 Å². The summed E-state index contributed by atoms with van der Waals surface area (Å²) < 4.78 is 1.66. The van der Waals surface area contributed by atoms with Crippen LogP contribution in [-0.2, 0) is 11.2 Å². The molecular formula is C19H19N7O. The van der Waals surface area contributed by atoms with Gasteiger partial charge in [0.05, 0.1) is 12.5 Å². The highest BCUT2D eigenvalue weighted by Crippen LogP contribution is 2.23. The first kappa shape index (κ1) is 17.0. The van der Waals surface area contributed by atoms with Crippen molar-refractivity contribution >= 4 is 23.1 Å². The monoisotopic (exact) mass is 361 g/mol. The zero-order valence-corrected chi connectivity index (χ0v) is 14.7. The Labute approximate surface area is 156 Å². The quantitative estimate of drug-likeness (QED) is 0.763. The highest BCUT2D eigenvalue weighted by atomic mass is 16.1.